The van der Waals surface area contributed by atoms with Crippen molar-refractivity contribution in [1.82, 2.24) is 19.9 Å². The highest BCUT2D eigenvalue weighted by Crippen LogP contribution is 2.28. The summed E-state index contributed by atoms with van der Waals surface area (Å²) in [6.45, 7) is 2.88. The number of para-hydroxylation sites is 1. The molecule has 4 rings (SSSR count). The highest BCUT2D eigenvalue weighted by Gasteiger charge is 2.18. The van der Waals surface area contributed by atoms with E-state index in [0.29, 0.717) is 5.82 Å². The van der Waals surface area contributed by atoms with Gasteiger partial charge in [0.25, 0.3) is 0 Å². The minimum absolute atomic E-state index is 0.158. The van der Waals surface area contributed by atoms with E-state index < -0.39 is 0 Å². The van der Waals surface area contributed by atoms with Gasteiger partial charge in [0.15, 0.2) is 10.8 Å². The van der Waals surface area contributed by atoms with Gasteiger partial charge in [0.05, 0.1) is 11.7 Å². The highest BCUT2D eigenvalue weighted by atomic mass is 32.1. The minimum atomic E-state index is 0.158. The normalized spacial score (nSPS) is 12.8. The van der Waals surface area contributed by atoms with Gasteiger partial charge in [-0.25, -0.2) is 15.0 Å². The van der Waals surface area contributed by atoms with Crippen LogP contribution in [-0.4, -0.2) is 26.9 Å². The third-order valence-corrected chi connectivity index (χ3v) is 5.12. The molecule has 3 heterocycles. The molecule has 0 amide bonds. The number of aromatic nitrogens is 3. The largest absolute Gasteiger partial charge is 0.459 e. The van der Waals surface area contributed by atoms with Crippen LogP contribution in [0.3, 0.4) is 0 Å². The summed E-state index contributed by atoms with van der Waals surface area (Å²) in [6, 6.07) is 12.2. The SMILES string of the molecule is CC(c1cc2ccccc2o1)N(C)Cc1csc(-c2ncccn2)n1. The van der Waals surface area contributed by atoms with Crippen molar-refractivity contribution in [2.75, 3.05) is 7.05 Å². The van der Waals surface area contributed by atoms with E-state index in [1.807, 2.05) is 18.2 Å². The zero-order chi connectivity index (χ0) is 17.2. The second-order valence-corrected chi connectivity index (χ2v) is 6.85. The third-order valence-electron chi connectivity index (χ3n) is 4.24. The standard InChI is InChI=1S/C19H18N4OS/c1-13(17-10-14-6-3-4-7-16(14)24-17)23(2)11-15-12-25-19(22-15)18-20-8-5-9-21-18/h3-10,12-13H,11H2,1-2H3. The molecule has 1 aromatic carbocycles. The van der Waals surface area contributed by atoms with Crippen LogP contribution in [0.2, 0.25) is 0 Å². The molecule has 126 valence electrons. The number of hydrogen-bond donors (Lipinski definition) is 0. The molecule has 0 saturated carbocycles. The Hall–Kier alpha value is -2.57. The first-order chi connectivity index (χ1) is 12.2. The fraction of sp³-hybridized carbons (Fsp3) is 0.211. The molecule has 0 aliphatic heterocycles. The minimum Gasteiger partial charge on any atom is -0.459 e. The van der Waals surface area contributed by atoms with Crippen LogP contribution in [0.1, 0.15) is 24.4 Å². The number of nitrogens with zero attached hydrogens (tertiary/aromatic N) is 4. The second kappa shape index (κ2) is 6.74. The van der Waals surface area contributed by atoms with Crippen molar-refractivity contribution in [1.29, 1.82) is 0 Å². The van der Waals surface area contributed by atoms with Gasteiger partial charge in [0.2, 0.25) is 0 Å². The topological polar surface area (TPSA) is 55.1 Å². The molecule has 0 aliphatic carbocycles. The molecule has 5 nitrogen and oxygen atoms in total. The summed E-state index contributed by atoms with van der Waals surface area (Å²) in [5.41, 5.74) is 1.94. The molecule has 0 radical (unpaired) electrons. The Labute approximate surface area is 150 Å². The molecule has 0 aliphatic rings. The molecule has 3 aromatic heterocycles. The molecule has 1 atom stereocenters. The average Bonchev–Trinajstić information content (AvgIpc) is 3.28. The monoisotopic (exact) mass is 350 g/mol. The Morgan fingerprint density at radius 1 is 1.16 bits per heavy atom. The molecule has 0 saturated heterocycles. The van der Waals surface area contributed by atoms with Crippen LogP contribution in [0, 0.1) is 0 Å². The first kappa shape index (κ1) is 15.9. The summed E-state index contributed by atoms with van der Waals surface area (Å²) in [4.78, 5) is 15.4. The Balaban J connectivity index is 1.49. The van der Waals surface area contributed by atoms with Gasteiger partial charge in [-0.2, -0.15) is 0 Å². The van der Waals surface area contributed by atoms with Crippen LogP contribution in [0.5, 0.6) is 0 Å². The van der Waals surface area contributed by atoms with E-state index in [4.69, 9.17) is 4.42 Å². The van der Waals surface area contributed by atoms with Crippen molar-refractivity contribution in [3.8, 4) is 10.8 Å². The van der Waals surface area contributed by atoms with E-state index >= 15 is 0 Å². The summed E-state index contributed by atoms with van der Waals surface area (Å²) in [6.07, 6.45) is 3.47. The van der Waals surface area contributed by atoms with Crippen LogP contribution < -0.4 is 0 Å². The summed E-state index contributed by atoms with van der Waals surface area (Å²) >= 11 is 1.57. The van der Waals surface area contributed by atoms with E-state index in [0.717, 1.165) is 34.0 Å². The molecule has 4 aromatic rings. The number of furan rings is 1. The van der Waals surface area contributed by atoms with Gasteiger partial charge < -0.3 is 4.42 Å². The molecule has 6 heteroatoms. The van der Waals surface area contributed by atoms with Crippen LogP contribution in [0.15, 0.2) is 58.6 Å². The van der Waals surface area contributed by atoms with Gasteiger partial charge in [-0.3, -0.25) is 4.90 Å². The lowest BCUT2D eigenvalue weighted by Gasteiger charge is -2.21. The maximum absolute atomic E-state index is 5.98. The van der Waals surface area contributed by atoms with E-state index in [1.165, 1.54) is 0 Å². The molecule has 0 bridgehead atoms. The van der Waals surface area contributed by atoms with Gasteiger partial charge >= 0.3 is 0 Å². The van der Waals surface area contributed by atoms with Crippen molar-refractivity contribution in [2.24, 2.45) is 0 Å². The van der Waals surface area contributed by atoms with Crippen LogP contribution in [-0.2, 0) is 6.54 Å². The van der Waals surface area contributed by atoms with E-state index in [2.05, 4.69) is 51.3 Å². The number of hydrogen-bond acceptors (Lipinski definition) is 6. The van der Waals surface area contributed by atoms with E-state index in [1.54, 1.807) is 29.8 Å². The number of thiazole rings is 1. The lowest BCUT2D eigenvalue weighted by molar-refractivity contribution is 0.224. The number of fused-ring (bicyclic) bond motifs is 1. The van der Waals surface area contributed by atoms with Crippen molar-refractivity contribution >= 4 is 22.3 Å². The average molecular weight is 350 g/mol. The zero-order valence-corrected chi connectivity index (χ0v) is 14.9. The Kier molecular flexibility index (Phi) is 4.29. The molecular weight excluding hydrogens is 332 g/mol. The van der Waals surface area contributed by atoms with Crippen molar-refractivity contribution in [3.05, 3.63) is 65.6 Å². The molecule has 0 spiro atoms. The fourth-order valence-corrected chi connectivity index (χ4v) is 3.47. The summed E-state index contributed by atoms with van der Waals surface area (Å²) < 4.78 is 5.98. The van der Waals surface area contributed by atoms with Crippen molar-refractivity contribution in [2.45, 2.75) is 19.5 Å². The second-order valence-electron chi connectivity index (χ2n) is 5.99. The van der Waals surface area contributed by atoms with Gasteiger partial charge in [-0.1, -0.05) is 18.2 Å². The van der Waals surface area contributed by atoms with Gasteiger partial charge in [-0.15, -0.1) is 11.3 Å². The predicted molar refractivity (Wildman–Crippen MR) is 99.2 cm³/mol. The third kappa shape index (κ3) is 3.31. The molecule has 1 unspecified atom stereocenters. The van der Waals surface area contributed by atoms with Gasteiger partial charge in [-0.05, 0) is 32.2 Å². The zero-order valence-electron chi connectivity index (χ0n) is 14.1. The number of benzene rings is 1. The van der Waals surface area contributed by atoms with Crippen LogP contribution in [0.4, 0.5) is 0 Å². The lowest BCUT2D eigenvalue weighted by atomic mass is 10.2. The maximum Gasteiger partial charge on any atom is 0.188 e. The van der Waals surface area contributed by atoms with E-state index in [9.17, 15) is 0 Å². The smallest absolute Gasteiger partial charge is 0.188 e. The first-order valence-electron chi connectivity index (χ1n) is 8.11. The Morgan fingerprint density at radius 2 is 1.96 bits per heavy atom. The maximum atomic E-state index is 5.98. The molecule has 0 N–H and O–H groups in total. The van der Waals surface area contributed by atoms with Crippen LogP contribution >= 0.6 is 11.3 Å². The molecule has 0 fully saturated rings. The van der Waals surface area contributed by atoms with Crippen LogP contribution in [0.25, 0.3) is 21.8 Å². The predicted octanol–water partition coefficient (Wildman–Crippen LogP) is 4.54. The van der Waals surface area contributed by atoms with Crippen molar-refractivity contribution < 1.29 is 4.42 Å². The summed E-state index contributed by atoms with van der Waals surface area (Å²) in [7, 11) is 2.08. The Morgan fingerprint density at radius 3 is 2.76 bits per heavy atom. The van der Waals surface area contributed by atoms with E-state index in [-0.39, 0.29) is 6.04 Å². The first-order valence-corrected chi connectivity index (χ1v) is 8.99. The summed E-state index contributed by atoms with van der Waals surface area (Å²) in [5.74, 6) is 1.64. The quantitative estimate of drug-likeness (QED) is 0.529. The summed E-state index contributed by atoms with van der Waals surface area (Å²) in [5, 5.41) is 4.04. The number of rotatable bonds is 5. The highest BCUT2D eigenvalue weighted by molar-refractivity contribution is 7.13. The van der Waals surface area contributed by atoms with Gasteiger partial charge in [0.1, 0.15) is 11.3 Å². The van der Waals surface area contributed by atoms with Gasteiger partial charge in [0, 0.05) is 29.7 Å². The molecule has 25 heavy (non-hydrogen) atoms. The lowest BCUT2D eigenvalue weighted by Crippen LogP contribution is -2.21. The fourth-order valence-electron chi connectivity index (χ4n) is 2.71. The Bertz CT molecular complexity index is 946. The van der Waals surface area contributed by atoms with Crippen molar-refractivity contribution in [3.63, 3.8) is 0 Å². The molecular formula is C19H18N4OS.